The molecule has 0 aromatic heterocycles. The van der Waals surface area contributed by atoms with Crippen LogP contribution >= 0.6 is 0 Å². The van der Waals surface area contributed by atoms with Crippen molar-refractivity contribution in [2.24, 2.45) is 0 Å². The summed E-state index contributed by atoms with van der Waals surface area (Å²) in [5.74, 6) is -0.0863. The van der Waals surface area contributed by atoms with Crippen LogP contribution in [-0.2, 0) is 14.3 Å². The molecule has 1 amide bonds. The lowest BCUT2D eigenvalue weighted by molar-refractivity contribution is -0.143. The number of esters is 1. The average molecular weight is 969 g/mol. The van der Waals surface area contributed by atoms with Crippen LogP contribution in [-0.4, -0.2) is 47.4 Å². The van der Waals surface area contributed by atoms with Crippen LogP contribution in [0, 0.1) is 0 Å². The second kappa shape index (κ2) is 58.4. The van der Waals surface area contributed by atoms with Gasteiger partial charge in [0, 0.05) is 12.8 Å². The fourth-order valence-electron chi connectivity index (χ4n) is 9.13. The molecular weight excluding hydrogens is 851 g/mol. The van der Waals surface area contributed by atoms with E-state index in [1.165, 1.54) is 225 Å². The highest BCUT2D eigenvalue weighted by molar-refractivity contribution is 5.76. The zero-order valence-corrected chi connectivity index (χ0v) is 46.0. The summed E-state index contributed by atoms with van der Waals surface area (Å²) in [6.07, 6.45) is 74.2. The van der Waals surface area contributed by atoms with Crippen LogP contribution in [0.2, 0.25) is 0 Å². The van der Waals surface area contributed by atoms with Crippen molar-refractivity contribution in [3.8, 4) is 0 Å². The lowest BCUT2D eigenvalue weighted by atomic mass is 10.0. The quantitative estimate of drug-likeness (QED) is 0.0321. The van der Waals surface area contributed by atoms with Gasteiger partial charge in [-0.2, -0.15) is 0 Å². The number of aliphatic hydroxyl groups is 2. The van der Waals surface area contributed by atoms with E-state index < -0.39 is 12.1 Å². The molecule has 0 heterocycles. The Morgan fingerprint density at radius 2 is 0.725 bits per heavy atom. The summed E-state index contributed by atoms with van der Waals surface area (Å²) in [4.78, 5) is 24.6. The molecule has 6 heteroatoms. The highest BCUT2D eigenvalue weighted by atomic mass is 16.5. The summed E-state index contributed by atoms with van der Waals surface area (Å²) in [7, 11) is 0. The molecule has 0 spiro atoms. The topological polar surface area (TPSA) is 95.9 Å². The van der Waals surface area contributed by atoms with Crippen molar-refractivity contribution in [3.63, 3.8) is 0 Å². The van der Waals surface area contributed by atoms with Gasteiger partial charge in [0.05, 0.1) is 25.4 Å². The van der Waals surface area contributed by atoms with Crippen LogP contribution in [0.15, 0.2) is 48.6 Å². The molecule has 0 radical (unpaired) electrons. The maximum atomic E-state index is 12.5. The summed E-state index contributed by atoms with van der Waals surface area (Å²) < 4.78 is 5.48. The molecule has 404 valence electrons. The molecule has 0 saturated carbocycles. The normalized spacial score (nSPS) is 12.9. The van der Waals surface area contributed by atoms with E-state index in [1.807, 2.05) is 6.08 Å². The average Bonchev–Trinajstić information content (AvgIpc) is 3.35. The Labute approximate surface area is 429 Å². The maximum Gasteiger partial charge on any atom is 0.305 e. The number of nitrogens with one attached hydrogen (secondary N) is 1. The van der Waals surface area contributed by atoms with E-state index >= 15 is 0 Å². The van der Waals surface area contributed by atoms with Crippen molar-refractivity contribution in [3.05, 3.63) is 48.6 Å². The van der Waals surface area contributed by atoms with Gasteiger partial charge in [-0.05, 0) is 89.9 Å². The fourth-order valence-corrected chi connectivity index (χ4v) is 9.13. The van der Waals surface area contributed by atoms with Crippen molar-refractivity contribution in [2.45, 2.75) is 328 Å². The Bertz CT molecular complexity index is 1160. The lowest BCUT2D eigenvalue weighted by Gasteiger charge is -2.20. The van der Waals surface area contributed by atoms with Crippen molar-refractivity contribution in [2.75, 3.05) is 13.2 Å². The SMILES string of the molecule is CCCCC/C=C\C/C=C\CCCCCCCCCCCC(=O)OCCCCCCCC/C=C\CCCCCCCCCC(=O)NC(CO)C(O)/C=C/CCCCCCCCCCCCCCCC. The second-order valence-electron chi connectivity index (χ2n) is 20.7. The number of ether oxygens (including phenoxy) is 1. The summed E-state index contributed by atoms with van der Waals surface area (Å²) in [6, 6.07) is -0.638. The van der Waals surface area contributed by atoms with Crippen molar-refractivity contribution in [1.29, 1.82) is 0 Å². The summed E-state index contributed by atoms with van der Waals surface area (Å²) >= 11 is 0. The van der Waals surface area contributed by atoms with E-state index in [-0.39, 0.29) is 18.5 Å². The Morgan fingerprint density at radius 1 is 0.406 bits per heavy atom. The van der Waals surface area contributed by atoms with E-state index in [2.05, 4.69) is 55.6 Å². The number of amides is 1. The lowest BCUT2D eigenvalue weighted by Crippen LogP contribution is -2.45. The standard InChI is InChI=1S/C63H117NO5/c1-3-5-7-9-11-13-15-17-19-21-22-25-29-33-37-41-45-49-53-57-63(68)69-58-54-50-46-42-38-34-30-26-23-24-28-32-36-40-44-48-52-56-62(67)64-60(59-65)61(66)55-51-47-43-39-35-31-27-20-18-16-14-12-10-8-6-4-2/h11,13,17,19,23,26,51,55,60-61,65-66H,3-10,12,14-16,18,20-22,24-25,27-50,52-54,56-59H2,1-2H3,(H,64,67)/b13-11-,19-17-,26-23-,55-51+. The molecule has 0 aliphatic heterocycles. The second-order valence-corrected chi connectivity index (χ2v) is 20.7. The first-order valence-corrected chi connectivity index (χ1v) is 30.4. The van der Waals surface area contributed by atoms with Gasteiger partial charge in [0.1, 0.15) is 0 Å². The van der Waals surface area contributed by atoms with Crippen molar-refractivity contribution < 1.29 is 24.5 Å². The largest absolute Gasteiger partial charge is 0.466 e. The monoisotopic (exact) mass is 968 g/mol. The van der Waals surface area contributed by atoms with E-state index in [0.29, 0.717) is 19.4 Å². The number of allylic oxidation sites excluding steroid dienone is 7. The smallest absolute Gasteiger partial charge is 0.305 e. The fraction of sp³-hybridized carbons (Fsp3) is 0.841. The molecule has 0 aliphatic rings. The van der Waals surface area contributed by atoms with Crippen LogP contribution in [0.3, 0.4) is 0 Å². The van der Waals surface area contributed by atoms with Crippen LogP contribution in [0.25, 0.3) is 0 Å². The van der Waals surface area contributed by atoms with Gasteiger partial charge in [-0.15, -0.1) is 0 Å². The van der Waals surface area contributed by atoms with Crippen LogP contribution in [0.1, 0.15) is 316 Å². The van der Waals surface area contributed by atoms with Crippen LogP contribution in [0.4, 0.5) is 0 Å². The molecule has 0 aromatic rings. The molecule has 0 rings (SSSR count). The molecule has 0 aromatic carbocycles. The van der Waals surface area contributed by atoms with Crippen molar-refractivity contribution in [1.82, 2.24) is 5.32 Å². The molecule has 3 N–H and O–H groups in total. The van der Waals surface area contributed by atoms with Gasteiger partial charge in [-0.1, -0.05) is 262 Å². The molecule has 0 bridgehead atoms. The zero-order chi connectivity index (χ0) is 50.0. The van der Waals surface area contributed by atoms with Gasteiger partial charge in [-0.3, -0.25) is 9.59 Å². The molecule has 69 heavy (non-hydrogen) atoms. The number of unbranched alkanes of at least 4 members (excludes halogenated alkanes) is 39. The Morgan fingerprint density at radius 3 is 1.14 bits per heavy atom. The number of carbonyl (C=O) groups excluding carboxylic acids is 2. The minimum Gasteiger partial charge on any atom is -0.466 e. The summed E-state index contributed by atoms with van der Waals surface area (Å²) in [5, 5.41) is 23.1. The number of hydrogen-bond acceptors (Lipinski definition) is 5. The minimum absolute atomic E-state index is 0.00677. The van der Waals surface area contributed by atoms with E-state index in [1.54, 1.807) is 6.08 Å². The third-order valence-electron chi connectivity index (χ3n) is 13.8. The third kappa shape index (κ3) is 55.0. The van der Waals surface area contributed by atoms with Gasteiger partial charge >= 0.3 is 5.97 Å². The van der Waals surface area contributed by atoms with Gasteiger partial charge in [0.2, 0.25) is 5.91 Å². The van der Waals surface area contributed by atoms with Crippen LogP contribution < -0.4 is 5.32 Å². The van der Waals surface area contributed by atoms with E-state index in [0.717, 1.165) is 64.2 Å². The summed E-state index contributed by atoms with van der Waals surface area (Å²) in [5.41, 5.74) is 0. The number of hydrogen-bond donors (Lipinski definition) is 3. The molecule has 2 unspecified atom stereocenters. The molecular formula is C63H117NO5. The first-order chi connectivity index (χ1) is 34.0. The summed E-state index contributed by atoms with van der Waals surface area (Å²) in [6.45, 7) is 4.86. The van der Waals surface area contributed by atoms with E-state index in [9.17, 15) is 19.8 Å². The molecule has 0 saturated heterocycles. The van der Waals surface area contributed by atoms with Gasteiger partial charge in [0.15, 0.2) is 0 Å². The predicted octanol–water partition coefficient (Wildman–Crippen LogP) is 19.0. The Hall–Kier alpha value is -2.18. The highest BCUT2D eigenvalue weighted by Gasteiger charge is 2.18. The number of carbonyl (C=O) groups is 2. The minimum atomic E-state index is -0.853. The van der Waals surface area contributed by atoms with Crippen molar-refractivity contribution >= 4 is 11.9 Å². The zero-order valence-electron chi connectivity index (χ0n) is 46.0. The molecule has 0 aliphatic carbocycles. The van der Waals surface area contributed by atoms with Crippen LogP contribution in [0.5, 0.6) is 0 Å². The highest BCUT2D eigenvalue weighted by Crippen LogP contribution is 2.16. The third-order valence-corrected chi connectivity index (χ3v) is 13.8. The molecule has 0 fully saturated rings. The molecule has 2 atom stereocenters. The van der Waals surface area contributed by atoms with Gasteiger partial charge < -0.3 is 20.3 Å². The van der Waals surface area contributed by atoms with Gasteiger partial charge in [-0.25, -0.2) is 0 Å². The van der Waals surface area contributed by atoms with E-state index in [4.69, 9.17) is 4.74 Å². The Balaban J connectivity index is 3.47. The Kier molecular flexibility index (Phi) is 56.5. The number of rotatable bonds is 56. The molecule has 6 nitrogen and oxygen atoms in total. The number of aliphatic hydroxyl groups excluding tert-OH is 2. The maximum absolute atomic E-state index is 12.5. The predicted molar refractivity (Wildman–Crippen MR) is 301 cm³/mol. The first kappa shape index (κ1) is 66.8. The first-order valence-electron chi connectivity index (χ1n) is 30.4. The van der Waals surface area contributed by atoms with Gasteiger partial charge in [0.25, 0.3) is 0 Å².